The van der Waals surface area contributed by atoms with Crippen molar-refractivity contribution in [3.8, 4) is 0 Å². The zero-order chi connectivity index (χ0) is 19.1. The Bertz CT molecular complexity index is 713. The highest BCUT2D eigenvalue weighted by atomic mass is 32.2. The number of ether oxygens (including phenoxy) is 2. The average molecular weight is 370 g/mol. The Morgan fingerprint density at radius 1 is 1.16 bits per heavy atom. The summed E-state index contributed by atoms with van der Waals surface area (Å²) in [5, 5.41) is 0. The van der Waals surface area contributed by atoms with E-state index in [0.717, 1.165) is 0 Å². The topological polar surface area (TPSA) is 78.9 Å². The van der Waals surface area contributed by atoms with Gasteiger partial charge >= 0.3 is 5.97 Å². The number of carbonyl (C=O) groups is 1. The van der Waals surface area contributed by atoms with Crippen LogP contribution in [-0.4, -0.2) is 33.2 Å². The highest BCUT2D eigenvalue weighted by Gasteiger charge is 2.17. The minimum Gasteiger partial charge on any atom is -0.496 e. The molecule has 6 nitrogen and oxygen atoms in total. The van der Waals surface area contributed by atoms with Gasteiger partial charge in [0, 0.05) is 0 Å². The Labute approximate surface area is 149 Å². The van der Waals surface area contributed by atoms with Crippen molar-refractivity contribution in [3.63, 3.8) is 0 Å². The molecule has 0 spiro atoms. The van der Waals surface area contributed by atoms with E-state index in [2.05, 4.69) is 0 Å². The van der Waals surface area contributed by atoms with Gasteiger partial charge in [-0.25, -0.2) is 0 Å². The summed E-state index contributed by atoms with van der Waals surface area (Å²) in [5.41, 5.74) is 0.0918. The molecule has 0 aliphatic carbocycles. The molecular formula is C18H26O6S. The lowest BCUT2D eigenvalue weighted by molar-refractivity contribution is -0.153. The van der Waals surface area contributed by atoms with Gasteiger partial charge in [-0.15, -0.1) is 0 Å². The lowest BCUT2D eigenvalue weighted by Gasteiger charge is -2.18. The maximum Gasteiger partial charge on any atom is 0.310 e. The molecule has 0 N–H and O–H groups in total. The van der Waals surface area contributed by atoms with Crippen molar-refractivity contribution in [2.24, 2.45) is 0 Å². The highest BCUT2D eigenvalue weighted by Crippen LogP contribution is 2.16. The fraction of sp³-hybridized carbons (Fsp3) is 0.500. The number of carbonyl (C=O) groups excluding carboxylic acids is 1. The molecule has 0 saturated carbocycles. The first-order chi connectivity index (χ1) is 11.5. The summed E-state index contributed by atoms with van der Waals surface area (Å²) in [6.45, 7) is 8.71. The Hall–Kier alpha value is -1.86. The number of rotatable bonds is 8. The quantitative estimate of drug-likeness (QED) is 0.302. The fourth-order valence-corrected chi connectivity index (χ4v) is 3.04. The fourth-order valence-electron chi connectivity index (χ4n) is 1.92. The molecule has 1 aromatic rings. The number of hydrogen-bond acceptors (Lipinski definition) is 6. The monoisotopic (exact) mass is 370 g/mol. The van der Waals surface area contributed by atoms with E-state index in [1.54, 1.807) is 58.9 Å². The van der Waals surface area contributed by atoms with E-state index in [9.17, 15) is 13.2 Å². The van der Waals surface area contributed by atoms with E-state index in [1.165, 1.54) is 6.07 Å². The molecule has 0 aromatic heterocycles. The molecule has 0 amide bonds. The third kappa shape index (κ3) is 8.18. The van der Waals surface area contributed by atoms with Crippen molar-refractivity contribution in [2.75, 3.05) is 13.2 Å². The molecule has 0 fully saturated rings. The van der Waals surface area contributed by atoms with E-state index in [4.69, 9.17) is 13.7 Å². The number of hydrogen-bond donors (Lipinski definition) is 0. The highest BCUT2D eigenvalue weighted by molar-refractivity contribution is 7.86. The van der Waals surface area contributed by atoms with Crippen molar-refractivity contribution in [2.45, 2.75) is 51.5 Å². The smallest absolute Gasteiger partial charge is 0.310 e. The number of esters is 1. The molecule has 25 heavy (non-hydrogen) atoms. The van der Waals surface area contributed by atoms with Crippen LogP contribution in [0.2, 0.25) is 0 Å². The van der Waals surface area contributed by atoms with Crippen molar-refractivity contribution in [1.29, 1.82) is 0 Å². The Morgan fingerprint density at radius 3 is 2.40 bits per heavy atom. The van der Waals surface area contributed by atoms with Gasteiger partial charge in [0.05, 0.1) is 17.1 Å². The average Bonchev–Trinajstić information content (AvgIpc) is 2.48. The maximum atomic E-state index is 12.1. The predicted octanol–water partition coefficient (Wildman–Crippen LogP) is 3.35. The Morgan fingerprint density at radius 2 is 1.80 bits per heavy atom. The molecule has 0 saturated heterocycles. The van der Waals surface area contributed by atoms with Gasteiger partial charge < -0.3 is 9.47 Å². The van der Waals surface area contributed by atoms with Crippen LogP contribution >= 0.6 is 0 Å². The van der Waals surface area contributed by atoms with Crippen molar-refractivity contribution in [1.82, 2.24) is 0 Å². The first-order valence-corrected chi connectivity index (χ1v) is 9.38. The van der Waals surface area contributed by atoms with Crippen molar-refractivity contribution >= 4 is 16.1 Å². The zero-order valence-corrected chi connectivity index (χ0v) is 16.2. The number of allylic oxidation sites excluding steroid dienone is 1. The standard InChI is InChI=1S/C18H26O6S/c1-14-8-6-7-9-16(14)25(20,21)23-13-12-22-15(2)10-11-17(19)24-18(3,4)5/h6-10H,11-13H2,1-5H3/b15-10+. The molecule has 0 unspecified atom stereocenters. The summed E-state index contributed by atoms with van der Waals surface area (Å²) < 4.78 is 39.7. The van der Waals surface area contributed by atoms with E-state index in [-0.39, 0.29) is 30.5 Å². The lowest BCUT2D eigenvalue weighted by Crippen LogP contribution is -2.23. The second kappa shape index (κ2) is 9.01. The van der Waals surface area contributed by atoms with Crippen LogP contribution in [0, 0.1) is 6.92 Å². The summed E-state index contributed by atoms with van der Waals surface area (Å²) in [5.74, 6) is 0.150. The van der Waals surface area contributed by atoms with Crippen LogP contribution in [0.5, 0.6) is 0 Å². The first-order valence-electron chi connectivity index (χ1n) is 7.98. The van der Waals surface area contributed by atoms with Gasteiger partial charge in [0.1, 0.15) is 18.8 Å². The van der Waals surface area contributed by atoms with Gasteiger partial charge in [-0.05, 0) is 52.3 Å². The first kappa shape index (κ1) is 21.2. The number of benzene rings is 1. The van der Waals surface area contributed by atoms with E-state index < -0.39 is 15.7 Å². The predicted molar refractivity (Wildman–Crippen MR) is 94.5 cm³/mol. The molecule has 0 aliphatic rings. The molecule has 0 atom stereocenters. The third-order valence-electron chi connectivity index (χ3n) is 2.99. The molecule has 7 heteroatoms. The summed E-state index contributed by atoms with van der Waals surface area (Å²) in [6.07, 6.45) is 1.68. The third-order valence-corrected chi connectivity index (χ3v) is 4.46. The van der Waals surface area contributed by atoms with Gasteiger partial charge in [0.15, 0.2) is 0 Å². The van der Waals surface area contributed by atoms with Crippen LogP contribution in [0.3, 0.4) is 0 Å². The molecule has 0 heterocycles. The van der Waals surface area contributed by atoms with E-state index in [1.807, 2.05) is 0 Å². The number of aryl methyl sites for hydroxylation is 1. The minimum absolute atomic E-state index is 0.0573. The van der Waals surface area contributed by atoms with Gasteiger partial charge in [-0.1, -0.05) is 18.2 Å². The van der Waals surface area contributed by atoms with Gasteiger partial charge in [-0.3, -0.25) is 8.98 Å². The summed E-state index contributed by atoms with van der Waals surface area (Å²) in [7, 11) is -3.81. The summed E-state index contributed by atoms with van der Waals surface area (Å²) >= 11 is 0. The zero-order valence-electron chi connectivity index (χ0n) is 15.4. The molecule has 0 bridgehead atoms. The van der Waals surface area contributed by atoms with Crippen LogP contribution in [0.25, 0.3) is 0 Å². The summed E-state index contributed by atoms with van der Waals surface area (Å²) in [4.78, 5) is 11.7. The molecule has 0 aliphatic heterocycles. The molecule has 1 rings (SSSR count). The van der Waals surface area contributed by atoms with Gasteiger partial charge in [0.2, 0.25) is 0 Å². The van der Waals surface area contributed by atoms with Crippen LogP contribution in [0.4, 0.5) is 0 Å². The molecular weight excluding hydrogens is 344 g/mol. The van der Waals surface area contributed by atoms with Crippen LogP contribution in [0.15, 0.2) is 41.0 Å². The largest absolute Gasteiger partial charge is 0.496 e. The van der Waals surface area contributed by atoms with Gasteiger partial charge in [0.25, 0.3) is 10.1 Å². The Kier molecular flexibility index (Phi) is 7.63. The second-order valence-electron chi connectivity index (χ2n) is 6.50. The van der Waals surface area contributed by atoms with Crippen LogP contribution < -0.4 is 0 Å². The van der Waals surface area contributed by atoms with Crippen molar-refractivity contribution in [3.05, 3.63) is 41.7 Å². The van der Waals surface area contributed by atoms with Gasteiger partial charge in [-0.2, -0.15) is 8.42 Å². The maximum absolute atomic E-state index is 12.1. The van der Waals surface area contributed by atoms with Crippen LogP contribution in [-0.2, 0) is 28.6 Å². The Balaban J connectivity index is 2.41. The lowest BCUT2D eigenvalue weighted by atomic mass is 10.2. The molecule has 140 valence electrons. The molecule has 0 radical (unpaired) electrons. The van der Waals surface area contributed by atoms with Crippen molar-refractivity contribution < 1.29 is 26.9 Å². The SMILES string of the molecule is C/C(=C\CC(=O)OC(C)(C)C)OCCOS(=O)(=O)c1ccccc1C. The normalized spacial score (nSPS) is 12.8. The minimum atomic E-state index is -3.81. The van der Waals surface area contributed by atoms with E-state index in [0.29, 0.717) is 11.3 Å². The van der Waals surface area contributed by atoms with E-state index >= 15 is 0 Å². The summed E-state index contributed by atoms with van der Waals surface area (Å²) in [6, 6.07) is 6.60. The second-order valence-corrected chi connectivity index (χ2v) is 8.08. The molecule has 1 aromatic carbocycles. The van der Waals surface area contributed by atoms with Crippen LogP contribution in [0.1, 0.15) is 39.7 Å².